The molecule has 2 aromatic heterocycles. The van der Waals surface area contributed by atoms with Crippen LogP contribution < -0.4 is 4.31 Å². The van der Waals surface area contributed by atoms with Crippen molar-refractivity contribution in [2.24, 2.45) is 5.92 Å². The molecule has 6 nitrogen and oxygen atoms in total. The highest BCUT2D eigenvalue weighted by atomic mass is 32.2. The van der Waals surface area contributed by atoms with Crippen molar-refractivity contribution < 1.29 is 14.7 Å². The minimum Gasteiger partial charge on any atom is -0.481 e. The van der Waals surface area contributed by atoms with E-state index in [1.807, 2.05) is 36.4 Å². The fourth-order valence-electron chi connectivity index (χ4n) is 3.29. The quantitative estimate of drug-likeness (QED) is 0.532. The summed E-state index contributed by atoms with van der Waals surface area (Å²) in [7, 11) is 0. The summed E-state index contributed by atoms with van der Waals surface area (Å²) >= 11 is 1.60. The maximum Gasteiger partial charge on any atom is 0.309 e. The molecule has 1 aliphatic heterocycles. The molecule has 26 heavy (non-hydrogen) atoms. The number of aromatic amines is 1. The molecule has 7 heteroatoms. The van der Waals surface area contributed by atoms with Crippen LogP contribution in [0.25, 0.3) is 10.9 Å². The van der Waals surface area contributed by atoms with Gasteiger partial charge in [0.25, 0.3) is 0 Å². The molecule has 1 fully saturated rings. The van der Waals surface area contributed by atoms with Crippen molar-refractivity contribution in [3.05, 3.63) is 60.0 Å². The molecular formula is C19H17N3O3S. The van der Waals surface area contributed by atoms with Gasteiger partial charge in [-0.1, -0.05) is 18.2 Å². The van der Waals surface area contributed by atoms with Gasteiger partial charge >= 0.3 is 5.97 Å². The average molecular weight is 367 g/mol. The van der Waals surface area contributed by atoms with Crippen molar-refractivity contribution in [2.45, 2.75) is 6.42 Å². The van der Waals surface area contributed by atoms with Crippen molar-refractivity contribution in [2.75, 3.05) is 16.6 Å². The summed E-state index contributed by atoms with van der Waals surface area (Å²) in [6.45, 7) is 0.585. The number of rotatable bonds is 5. The van der Waals surface area contributed by atoms with Gasteiger partial charge < -0.3 is 14.4 Å². The first-order valence-electron chi connectivity index (χ1n) is 8.29. The number of H-pyrrole nitrogens is 1. The Bertz CT molecular complexity index is 971. The summed E-state index contributed by atoms with van der Waals surface area (Å²) in [4.78, 5) is 31.7. The highest BCUT2D eigenvalue weighted by molar-refractivity contribution is 8.00. The first kappa shape index (κ1) is 16.7. The molecule has 0 saturated carbocycles. The Morgan fingerprint density at radius 3 is 2.88 bits per heavy atom. The molecule has 1 unspecified atom stereocenters. The second-order valence-corrected chi connectivity index (χ2v) is 7.26. The van der Waals surface area contributed by atoms with E-state index in [1.165, 1.54) is 0 Å². The fraction of sp³-hybridized carbons (Fsp3) is 0.211. The number of hydrogen-bond donors (Lipinski definition) is 2. The third-order valence-electron chi connectivity index (χ3n) is 4.48. The Kier molecular flexibility index (Phi) is 4.38. The largest absolute Gasteiger partial charge is 0.481 e. The van der Waals surface area contributed by atoms with Crippen LogP contribution in [0.2, 0.25) is 0 Å². The third-order valence-corrected chi connectivity index (χ3v) is 5.70. The van der Waals surface area contributed by atoms with Gasteiger partial charge in [0, 0.05) is 40.7 Å². The topological polar surface area (TPSA) is 86.3 Å². The number of nitrogens with one attached hydrogen (secondary N) is 1. The zero-order valence-corrected chi connectivity index (χ0v) is 14.7. The van der Waals surface area contributed by atoms with E-state index in [0.29, 0.717) is 23.6 Å². The van der Waals surface area contributed by atoms with Crippen LogP contribution in [0.3, 0.4) is 0 Å². The van der Waals surface area contributed by atoms with E-state index in [4.69, 9.17) is 0 Å². The summed E-state index contributed by atoms with van der Waals surface area (Å²) in [5, 5.41) is 9.99. The number of nitrogens with zero attached hydrogens (tertiary/aromatic N) is 2. The van der Waals surface area contributed by atoms with Gasteiger partial charge in [-0.15, -0.1) is 0 Å². The zero-order chi connectivity index (χ0) is 18.1. The van der Waals surface area contributed by atoms with E-state index in [9.17, 15) is 14.7 Å². The first-order chi connectivity index (χ1) is 12.6. The number of anilines is 1. The Morgan fingerprint density at radius 2 is 2.12 bits per heavy atom. The predicted octanol–water partition coefficient (Wildman–Crippen LogP) is 3.16. The molecule has 0 spiro atoms. The molecule has 1 saturated heterocycles. The molecule has 0 amide bonds. The van der Waals surface area contributed by atoms with Crippen molar-refractivity contribution >= 4 is 40.3 Å². The summed E-state index contributed by atoms with van der Waals surface area (Å²) in [5.41, 5.74) is 2.76. The zero-order valence-electron chi connectivity index (χ0n) is 13.9. The minimum absolute atomic E-state index is 0.00223. The van der Waals surface area contributed by atoms with Gasteiger partial charge in [-0.3, -0.25) is 14.6 Å². The number of aliphatic carboxylic acids is 1. The number of benzene rings is 1. The number of fused-ring (bicyclic) bond motifs is 1. The second kappa shape index (κ2) is 6.84. The SMILES string of the molecule is O=C(O)Cc1[nH]c2ccccc2c1C(=O)C1CSN(c2cccnc2)C1. The van der Waals surface area contributed by atoms with Crippen molar-refractivity contribution in [1.29, 1.82) is 0 Å². The van der Waals surface area contributed by atoms with E-state index in [2.05, 4.69) is 14.3 Å². The normalized spacial score (nSPS) is 16.9. The molecule has 4 rings (SSSR count). The molecular weight excluding hydrogens is 350 g/mol. The van der Waals surface area contributed by atoms with Crippen LogP contribution >= 0.6 is 11.9 Å². The Balaban J connectivity index is 1.65. The van der Waals surface area contributed by atoms with E-state index >= 15 is 0 Å². The van der Waals surface area contributed by atoms with Crippen molar-refractivity contribution in [3.63, 3.8) is 0 Å². The predicted molar refractivity (Wildman–Crippen MR) is 102 cm³/mol. The molecule has 2 N–H and O–H groups in total. The molecule has 132 valence electrons. The number of carbonyl (C=O) groups excluding carboxylic acids is 1. The molecule has 1 aromatic carbocycles. The highest BCUT2D eigenvalue weighted by Gasteiger charge is 2.33. The number of carboxylic acid groups (broad SMARTS) is 1. The average Bonchev–Trinajstić information content (AvgIpc) is 3.26. The Morgan fingerprint density at radius 1 is 1.27 bits per heavy atom. The number of para-hydroxylation sites is 1. The number of carboxylic acids is 1. The monoisotopic (exact) mass is 367 g/mol. The Labute approximate surface area is 154 Å². The number of ketones is 1. The smallest absolute Gasteiger partial charge is 0.309 e. The number of aromatic nitrogens is 2. The van der Waals surface area contributed by atoms with E-state index in [0.717, 1.165) is 16.6 Å². The van der Waals surface area contributed by atoms with Gasteiger partial charge in [0.1, 0.15) is 0 Å². The molecule has 3 aromatic rings. The van der Waals surface area contributed by atoms with Gasteiger partial charge in [-0.05, 0) is 30.1 Å². The van der Waals surface area contributed by atoms with Crippen LogP contribution in [0.1, 0.15) is 16.1 Å². The standard InChI is InChI=1S/C19H17N3O3S/c23-17(24)8-16-18(14-5-1-2-6-15(14)21-16)19(25)12-10-22(26-11-12)13-4-3-7-20-9-13/h1-7,9,12,21H,8,10-11H2,(H,23,24). The lowest BCUT2D eigenvalue weighted by atomic mass is 9.95. The van der Waals surface area contributed by atoms with Crippen LogP contribution in [0.4, 0.5) is 5.69 Å². The van der Waals surface area contributed by atoms with Gasteiger partial charge in [0.15, 0.2) is 5.78 Å². The van der Waals surface area contributed by atoms with Crippen LogP contribution in [0.5, 0.6) is 0 Å². The van der Waals surface area contributed by atoms with Crippen LogP contribution in [0, 0.1) is 5.92 Å². The number of carbonyl (C=O) groups is 2. The van der Waals surface area contributed by atoms with Gasteiger partial charge in [0.2, 0.25) is 0 Å². The van der Waals surface area contributed by atoms with E-state index in [1.54, 1.807) is 24.3 Å². The summed E-state index contributed by atoms with van der Waals surface area (Å²) in [5.74, 6) is -0.479. The lowest BCUT2D eigenvalue weighted by Gasteiger charge is -2.16. The van der Waals surface area contributed by atoms with Gasteiger partial charge in [0.05, 0.1) is 24.2 Å². The Hall–Kier alpha value is -2.80. The van der Waals surface area contributed by atoms with Gasteiger partial charge in [-0.25, -0.2) is 0 Å². The number of pyridine rings is 1. The van der Waals surface area contributed by atoms with E-state index < -0.39 is 5.97 Å². The van der Waals surface area contributed by atoms with E-state index in [-0.39, 0.29) is 18.1 Å². The van der Waals surface area contributed by atoms with Crippen molar-refractivity contribution in [3.8, 4) is 0 Å². The summed E-state index contributed by atoms with van der Waals surface area (Å²) in [6.07, 6.45) is 3.31. The van der Waals surface area contributed by atoms with Crippen LogP contribution in [0.15, 0.2) is 48.8 Å². The molecule has 1 aliphatic rings. The second-order valence-electron chi connectivity index (χ2n) is 6.22. The molecule has 0 radical (unpaired) electrons. The van der Waals surface area contributed by atoms with Gasteiger partial charge in [-0.2, -0.15) is 0 Å². The minimum atomic E-state index is -0.955. The number of Topliss-reactive ketones (excluding diaryl/α,β-unsaturated/α-hetero) is 1. The first-order valence-corrected chi connectivity index (χ1v) is 9.24. The lowest BCUT2D eigenvalue weighted by molar-refractivity contribution is -0.136. The summed E-state index contributed by atoms with van der Waals surface area (Å²) in [6, 6.07) is 11.3. The molecule has 3 heterocycles. The number of hydrogen-bond acceptors (Lipinski definition) is 5. The fourth-order valence-corrected chi connectivity index (χ4v) is 4.45. The lowest BCUT2D eigenvalue weighted by Crippen LogP contribution is -2.23. The molecule has 0 bridgehead atoms. The third kappa shape index (κ3) is 3.06. The molecule has 1 atom stereocenters. The highest BCUT2D eigenvalue weighted by Crippen LogP contribution is 2.34. The maximum absolute atomic E-state index is 13.2. The van der Waals surface area contributed by atoms with Crippen LogP contribution in [-0.2, 0) is 11.2 Å². The van der Waals surface area contributed by atoms with Crippen LogP contribution in [-0.4, -0.2) is 39.1 Å². The summed E-state index contributed by atoms with van der Waals surface area (Å²) < 4.78 is 2.07. The van der Waals surface area contributed by atoms with Crippen molar-refractivity contribution in [1.82, 2.24) is 9.97 Å². The molecule has 0 aliphatic carbocycles. The maximum atomic E-state index is 13.2.